The van der Waals surface area contributed by atoms with Gasteiger partial charge in [-0.05, 0) is 81.0 Å². The van der Waals surface area contributed by atoms with Crippen molar-refractivity contribution in [3.8, 4) is 11.5 Å². The molecule has 2 aromatic carbocycles. The topological polar surface area (TPSA) is 71.1 Å². The van der Waals surface area contributed by atoms with Gasteiger partial charge in [0.15, 0.2) is 0 Å². The van der Waals surface area contributed by atoms with Gasteiger partial charge in [0.2, 0.25) is 0 Å². The highest BCUT2D eigenvalue weighted by atomic mass is 28.3. The maximum Gasteiger partial charge on any atom is 0.528 e. The number of hydrogen-bond donors (Lipinski definition) is 0. The molecule has 2 rings (SSSR count). The summed E-state index contributed by atoms with van der Waals surface area (Å²) in [6.45, 7) is 33.3. The second kappa shape index (κ2) is 26.9. The Kier molecular flexibility index (Phi) is 24.0. The van der Waals surface area contributed by atoms with Gasteiger partial charge in [-0.25, -0.2) is 9.59 Å². The van der Waals surface area contributed by atoms with Crippen molar-refractivity contribution in [2.75, 3.05) is 13.2 Å². The molecule has 0 aliphatic heterocycles. The normalized spacial score (nSPS) is 12.5. The van der Waals surface area contributed by atoms with Crippen LogP contribution in [0.15, 0.2) is 24.3 Å². The van der Waals surface area contributed by atoms with Gasteiger partial charge in [0.05, 0.1) is 24.3 Å². The van der Waals surface area contributed by atoms with E-state index in [0.29, 0.717) is 24.3 Å². The number of unbranched alkanes of at least 4 members (excludes halogenated alkanes) is 18. The summed E-state index contributed by atoms with van der Waals surface area (Å²) >= 11 is 0. The lowest BCUT2D eigenvalue weighted by molar-refractivity contribution is 0.0488. The minimum absolute atomic E-state index is 0.284. The summed E-state index contributed by atoms with van der Waals surface area (Å²) in [6.07, 6.45) is 24.7. The average molecular weight is 878 g/mol. The van der Waals surface area contributed by atoms with E-state index in [0.717, 1.165) is 59.4 Å². The Bertz CT molecular complexity index is 1430. The molecule has 0 heterocycles. The fraction of sp³-hybridized carbons (Fsp3) is 0.745. The van der Waals surface area contributed by atoms with Crippen molar-refractivity contribution >= 4 is 21.2 Å². The molecule has 0 atom stereocenters. The van der Waals surface area contributed by atoms with Crippen molar-refractivity contribution < 1.29 is 27.9 Å². The molecule has 6 nitrogen and oxygen atoms in total. The molecule has 0 bridgehead atoms. The Balaban J connectivity index is 2.28. The van der Waals surface area contributed by atoms with Crippen LogP contribution in [0.5, 0.6) is 11.5 Å². The predicted octanol–water partition coefficient (Wildman–Crippen LogP) is 16.6. The molecule has 0 aromatic heterocycles. The minimum atomic E-state index is -1.98. The van der Waals surface area contributed by atoms with Crippen molar-refractivity contribution in [3.63, 3.8) is 0 Å². The summed E-state index contributed by atoms with van der Waals surface area (Å²) in [5.41, 5.74) is 3.64. The van der Waals surface area contributed by atoms with Crippen LogP contribution in [-0.4, -0.2) is 34.4 Å². The van der Waals surface area contributed by atoms with E-state index in [1.54, 1.807) is 0 Å². The van der Waals surface area contributed by atoms with Crippen LogP contribution in [0.25, 0.3) is 0 Å². The third-order valence-electron chi connectivity index (χ3n) is 11.8. The summed E-state index contributed by atoms with van der Waals surface area (Å²) in [7, 11) is -1.98. The van der Waals surface area contributed by atoms with Gasteiger partial charge >= 0.3 is 21.2 Å². The second-order valence-corrected chi connectivity index (χ2v) is 23.5. The first kappa shape index (κ1) is 55.3. The third-order valence-corrected chi connectivity index (χ3v) is 12.8. The average Bonchev–Trinajstić information content (AvgIpc) is 3.17. The third kappa shape index (κ3) is 19.9. The Morgan fingerprint density at radius 3 is 0.855 bits per heavy atom. The largest absolute Gasteiger partial charge is 0.528 e. The standard InChI is InChI=1S/C55H93O6Si/c1-16-18-20-22-24-26-28-30-32-34-36-58-50(56)42-38-44(52(3,4)5)48(45(39-42)53(6,7)8)60-62(15)61-49-46(54(9,10)11)40-43(41-47(49)55(12,13)14)51(57)59-37-35-33-31-29-27-25-23-21-19-17-2/h38-41H,16-37H2,1-15H3. The molecule has 353 valence electrons. The smallest absolute Gasteiger partial charge is 0.510 e. The summed E-state index contributed by atoms with van der Waals surface area (Å²) in [5.74, 6) is 0.978. The maximum atomic E-state index is 13.6. The van der Waals surface area contributed by atoms with Crippen molar-refractivity contribution in [2.45, 2.75) is 254 Å². The molecule has 0 amide bonds. The summed E-state index contributed by atoms with van der Waals surface area (Å²) in [4.78, 5) is 27.2. The van der Waals surface area contributed by atoms with Crippen molar-refractivity contribution in [1.82, 2.24) is 0 Å². The number of carbonyl (C=O) groups excluding carboxylic acids is 2. The molecule has 0 saturated heterocycles. The second-order valence-electron chi connectivity index (χ2n) is 22.1. The summed E-state index contributed by atoms with van der Waals surface area (Å²) in [6, 6.07) is 7.88. The van der Waals surface area contributed by atoms with E-state index in [9.17, 15) is 9.59 Å². The highest BCUT2D eigenvalue weighted by Gasteiger charge is 2.34. The van der Waals surface area contributed by atoms with Crippen molar-refractivity contribution in [1.29, 1.82) is 0 Å². The van der Waals surface area contributed by atoms with E-state index >= 15 is 0 Å². The first-order valence-electron chi connectivity index (χ1n) is 24.9. The molecule has 0 unspecified atom stereocenters. The molecule has 62 heavy (non-hydrogen) atoms. The van der Waals surface area contributed by atoms with Gasteiger partial charge in [0.25, 0.3) is 0 Å². The van der Waals surface area contributed by atoms with Gasteiger partial charge in [-0.15, -0.1) is 0 Å². The maximum absolute atomic E-state index is 13.6. The van der Waals surface area contributed by atoms with E-state index < -0.39 is 9.28 Å². The molecule has 0 N–H and O–H groups in total. The van der Waals surface area contributed by atoms with Crippen molar-refractivity contribution in [3.05, 3.63) is 57.6 Å². The van der Waals surface area contributed by atoms with Crippen LogP contribution in [-0.2, 0) is 31.1 Å². The highest BCUT2D eigenvalue weighted by Crippen LogP contribution is 2.44. The number of rotatable bonds is 28. The number of carbonyl (C=O) groups is 2. The number of esters is 2. The summed E-state index contributed by atoms with van der Waals surface area (Å²) in [5, 5.41) is 0. The van der Waals surface area contributed by atoms with Crippen LogP contribution in [0, 0.1) is 0 Å². The lowest BCUT2D eigenvalue weighted by Gasteiger charge is -2.33. The fourth-order valence-corrected chi connectivity index (χ4v) is 8.98. The Hall–Kier alpha value is -2.80. The van der Waals surface area contributed by atoms with Crippen LogP contribution in [0.2, 0.25) is 6.55 Å². The molecule has 7 heteroatoms. The van der Waals surface area contributed by atoms with Gasteiger partial charge in [0, 0.05) is 6.55 Å². The monoisotopic (exact) mass is 878 g/mol. The van der Waals surface area contributed by atoms with Gasteiger partial charge in [-0.1, -0.05) is 213 Å². The highest BCUT2D eigenvalue weighted by molar-refractivity contribution is 6.44. The molecule has 0 fully saturated rings. The quantitative estimate of drug-likeness (QED) is 0.0482. The zero-order valence-corrected chi connectivity index (χ0v) is 43.8. The van der Waals surface area contributed by atoms with E-state index in [4.69, 9.17) is 18.3 Å². The first-order valence-corrected chi connectivity index (χ1v) is 26.8. The SMILES string of the molecule is CCCCCCCCCCCCOC(=O)c1cc(C(C)(C)C)c(O[Si](C)Oc2c(C(C)(C)C)cc(C(=O)OCCCCCCCCCCCC)cc2C(C)(C)C)c(C(C)(C)C)c1. The van der Waals surface area contributed by atoms with Crippen LogP contribution < -0.4 is 8.85 Å². The van der Waals surface area contributed by atoms with Crippen LogP contribution in [0.4, 0.5) is 0 Å². The molecule has 0 spiro atoms. The van der Waals surface area contributed by atoms with Gasteiger partial charge < -0.3 is 18.3 Å². The minimum Gasteiger partial charge on any atom is -0.510 e. The molecule has 0 aliphatic rings. The molecular weight excluding hydrogens is 785 g/mol. The van der Waals surface area contributed by atoms with Crippen LogP contribution in [0.1, 0.15) is 268 Å². The van der Waals surface area contributed by atoms with Crippen molar-refractivity contribution in [2.24, 2.45) is 0 Å². The first-order chi connectivity index (χ1) is 29.0. The molecule has 0 aliphatic carbocycles. The Morgan fingerprint density at radius 2 is 0.629 bits per heavy atom. The Morgan fingerprint density at radius 1 is 0.403 bits per heavy atom. The van der Waals surface area contributed by atoms with E-state index in [1.165, 1.54) is 103 Å². The number of ether oxygens (including phenoxy) is 2. The van der Waals surface area contributed by atoms with E-state index in [1.807, 2.05) is 30.8 Å². The summed E-state index contributed by atoms with van der Waals surface area (Å²) < 4.78 is 25.8. The molecular formula is C55H93O6Si. The lowest BCUT2D eigenvalue weighted by Crippen LogP contribution is -2.32. The fourth-order valence-electron chi connectivity index (χ4n) is 7.93. The van der Waals surface area contributed by atoms with E-state index in [2.05, 4.69) is 96.9 Å². The lowest BCUT2D eigenvalue weighted by atomic mass is 9.78. The molecule has 1 radical (unpaired) electrons. The van der Waals surface area contributed by atoms with E-state index in [-0.39, 0.29) is 33.6 Å². The van der Waals surface area contributed by atoms with Gasteiger partial charge in [-0.2, -0.15) is 0 Å². The number of hydrogen-bond acceptors (Lipinski definition) is 6. The molecule has 2 aromatic rings. The van der Waals surface area contributed by atoms with Gasteiger partial charge in [0.1, 0.15) is 11.5 Å². The van der Waals surface area contributed by atoms with Crippen LogP contribution in [0.3, 0.4) is 0 Å². The Labute approximate surface area is 383 Å². The zero-order valence-electron chi connectivity index (χ0n) is 42.8. The van der Waals surface area contributed by atoms with Crippen LogP contribution >= 0.6 is 0 Å². The predicted molar refractivity (Wildman–Crippen MR) is 265 cm³/mol. The molecule has 0 saturated carbocycles. The zero-order chi connectivity index (χ0) is 46.6. The van der Waals surface area contributed by atoms with Gasteiger partial charge in [-0.3, -0.25) is 0 Å². The number of benzene rings is 2.